The van der Waals surface area contributed by atoms with Crippen LogP contribution in [-0.2, 0) is 9.16 Å². The lowest BCUT2D eigenvalue weighted by Gasteiger charge is -2.15. The Labute approximate surface area is 92.3 Å². The maximum atomic E-state index is 11.2. The van der Waals surface area contributed by atoms with Crippen molar-refractivity contribution in [1.82, 2.24) is 0 Å². The molecule has 0 N–H and O–H groups in total. The molecule has 5 heteroatoms. The Morgan fingerprint density at radius 2 is 1.86 bits per heavy atom. The predicted molar refractivity (Wildman–Crippen MR) is 63.5 cm³/mol. The topological polar surface area (TPSA) is 35.5 Å². The first-order chi connectivity index (χ1) is 6.31. The number of ether oxygens (including phenoxy) is 1. The molecule has 0 aromatic carbocycles. The number of hydrogen-bond acceptors (Lipinski definition) is 4. The van der Waals surface area contributed by atoms with Crippen LogP contribution >= 0.6 is 11.8 Å². The van der Waals surface area contributed by atoms with E-state index in [1.807, 2.05) is 20.8 Å². The minimum absolute atomic E-state index is 0.0786. The summed E-state index contributed by atoms with van der Waals surface area (Å²) in [6, 6.07) is 0. The number of carbonyl (C=O) groups excluding carboxylic acids is 1. The van der Waals surface area contributed by atoms with Gasteiger partial charge in [0.2, 0.25) is 0 Å². The Hall–Kier alpha value is -0.00312. The van der Waals surface area contributed by atoms with Crippen LogP contribution < -0.4 is 0 Å². The molecule has 84 valence electrons. The van der Waals surface area contributed by atoms with E-state index in [0.29, 0.717) is 13.2 Å². The third-order valence-electron chi connectivity index (χ3n) is 1.14. The van der Waals surface area contributed by atoms with Gasteiger partial charge < -0.3 is 9.16 Å². The van der Waals surface area contributed by atoms with Crippen molar-refractivity contribution in [1.29, 1.82) is 0 Å². The van der Waals surface area contributed by atoms with Gasteiger partial charge in [-0.3, -0.25) is 0 Å². The van der Waals surface area contributed by atoms with Gasteiger partial charge in [0, 0.05) is 4.75 Å². The Kier molecular flexibility index (Phi) is 6.47. The summed E-state index contributed by atoms with van der Waals surface area (Å²) >= 11 is 1.21. The van der Waals surface area contributed by atoms with Gasteiger partial charge >= 0.3 is 5.30 Å². The molecule has 0 radical (unpaired) electrons. The second-order valence-electron chi connectivity index (χ2n) is 4.23. The van der Waals surface area contributed by atoms with Gasteiger partial charge in [0.15, 0.2) is 9.04 Å². The van der Waals surface area contributed by atoms with Crippen LogP contribution in [0.1, 0.15) is 20.8 Å². The van der Waals surface area contributed by atoms with E-state index in [9.17, 15) is 4.79 Å². The highest BCUT2D eigenvalue weighted by Crippen LogP contribution is 2.24. The minimum Gasteiger partial charge on any atom is -0.455 e. The van der Waals surface area contributed by atoms with Crippen molar-refractivity contribution in [2.45, 2.75) is 38.6 Å². The van der Waals surface area contributed by atoms with E-state index in [1.165, 1.54) is 11.8 Å². The fourth-order valence-corrected chi connectivity index (χ4v) is 1.90. The molecule has 14 heavy (non-hydrogen) atoms. The zero-order valence-electron chi connectivity index (χ0n) is 9.62. The van der Waals surface area contributed by atoms with Crippen LogP contribution in [0.5, 0.6) is 0 Å². The summed E-state index contributed by atoms with van der Waals surface area (Å²) in [6.45, 7) is 11.0. The van der Waals surface area contributed by atoms with E-state index in [1.54, 1.807) is 0 Å². The van der Waals surface area contributed by atoms with E-state index in [-0.39, 0.29) is 10.0 Å². The number of carbonyl (C=O) groups is 1. The highest BCUT2D eigenvalue weighted by molar-refractivity contribution is 8.14. The van der Waals surface area contributed by atoms with Crippen molar-refractivity contribution < 1.29 is 14.0 Å². The highest BCUT2D eigenvalue weighted by atomic mass is 32.2. The third kappa shape index (κ3) is 10.1. The maximum Gasteiger partial charge on any atom is 0.367 e. The largest absolute Gasteiger partial charge is 0.455 e. The van der Waals surface area contributed by atoms with Gasteiger partial charge in [0.25, 0.3) is 0 Å². The molecule has 0 amide bonds. The average Bonchev–Trinajstić information content (AvgIpc) is 1.94. The van der Waals surface area contributed by atoms with Crippen LogP contribution in [0.3, 0.4) is 0 Å². The first-order valence-corrected chi connectivity index (χ1v) is 8.38. The van der Waals surface area contributed by atoms with E-state index in [2.05, 4.69) is 13.1 Å². The van der Waals surface area contributed by atoms with Crippen molar-refractivity contribution in [3.05, 3.63) is 0 Å². The van der Waals surface area contributed by atoms with E-state index < -0.39 is 9.04 Å². The van der Waals surface area contributed by atoms with Gasteiger partial charge in [0.05, 0.1) is 6.61 Å². The van der Waals surface area contributed by atoms with Gasteiger partial charge in [-0.1, -0.05) is 20.8 Å². The van der Waals surface area contributed by atoms with Crippen LogP contribution in [-0.4, -0.2) is 32.3 Å². The predicted octanol–water partition coefficient (Wildman–Crippen LogP) is 2.65. The zero-order valence-corrected chi connectivity index (χ0v) is 11.6. The lowest BCUT2D eigenvalue weighted by Crippen LogP contribution is -2.17. The molecule has 0 bridgehead atoms. The van der Waals surface area contributed by atoms with Crippen LogP contribution in [0.4, 0.5) is 4.79 Å². The van der Waals surface area contributed by atoms with E-state index in [0.717, 1.165) is 0 Å². The minimum atomic E-state index is -0.974. The fraction of sp³-hybridized carbons (Fsp3) is 0.889. The standard InChI is InChI=1S/C9H20O3SSi/c1-9(2,3)13-8(10)11-6-7-12-14(4)5/h14H,6-7H2,1-5H3. The number of hydrogen-bond donors (Lipinski definition) is 0. The summed E-state index contributed by atoms with van der Waals surface area (Å²) in [6.07, 6.45) is 0. The summed E-state index contributed by atoms with van der Waals surface area (Å²) in [5.41, 5.74) is 0. The normalized spacial score (nSPS) is 11.9. The summed E-state index contributed by atoms with van der Waals surface area (Å²) in [5.74, 6) is 0. The van der Waals surface area contributed by atoms with Gasteiger partial charge in [-0.2, -0.15) is 0 Å². The fourth-order valence-electron chi connectivity index (χ4n) is 0.688. The van der Waals surface area contributed by atoms with Crippen molar-refractivity contribution in [2.75, 3.05) is 13.2 Å². The van der Waals surface area contributed by atoms with E-state index in [4.69, 9.17) is 9.16 Å². The zero-order chi connectivity index (χ0) is 11.2. The lowest BCUT2D eigenvalue weighted by molar-refractivity contribution is 0.149. The Bertz CT molecular complexity index is 177. The smallest absolute Gasteiger partial charge is 0.367 e. The van der Waals surface area contributed by atoms with Crippen LogP contribution in [0.2, 0.25) is 13.1 Å². The Morgan fingerprint density at radius 3 is 2.29 bits per heavy atom. The molecule has 0 unspecified atom stereocenters. The second kappa shape index (κ2) is 6.47. The van der Waals surface area contributed by atoms with Crippen molar-refractivity contribution >= 4 is 26.1 Å². The molecule has 0 saturated heterocycles. The van der Waals surface area contributed by atoms with E-state index >= 15 is 0 Å². The monoisotopic (exact) mass is 236 g/mol. The molecule has 0 rings (SSSR count). The molecule has 0 aromatic rings. The summed E-state index contributed by atoms with van der Waals surface area (Å²) in [7, 11) is -0.974. The van der Waals surface area contributed by atoms with Crippen molar-refractivity contribution in [3.8, 4) is 0 Å². The first kappa shape index (κ1) is 14.0. The second-order valence-corrected chi connectivity index (χ2v) is 8.43. The van der Waals surface area contributed by atoms with Crippen LogP contribution in [0.15, 0.2) is 0 Å². The van der Waals surface area contributed by atoms with Gasteiger partial charge in [-0.05, 0) is 24.9 Å². The van der Waals surface area contributed by atoms with Crippen LogP contribution in [0, 0.1) is 0 Å². The summed E-state index contributed by atoms with van der Waals surface area (Å²) < 4.78 is 10.3. The highest BCUT2D eigenvalue weighted by Gasteiger charge is 2.17. The molecular formula is C9H20O3SSi. The molecule has 0 aliphatic heterocycles. The molecule has 0 spiro atoms. The number of thioether (sulfide) groups is 1. The Balaban J connectivity index is 3.46. The molecule has 0 fully saturated rings. The molecule has 3 nitrogen and oxygen atoms in total. The summed E-state index contributed by atoms with van der Waals surface area (Å²) in [4.78, 5) is 11.2. The molecule has 0 atom stereocenters. The van der Waals surface area contributed by atoms with Gasteiger partial charge in [-0.15, -0.1) is 0 Å². The third-order valence-corrected chi connectivity index (χ3v) is 2.94. The lowest BCUT2D eigenvalue weighted by atomic mass is 10.3. The average molecular weight is 236 g/mol. The maximum absolute atomic E-state index is 11.2. The molecule has 0 aromatic heterocycles. The Morgan fingerprint density at radius 1 is 1.29 bits per heavy atom. The SMILES string of the molecule is C[SiH](C)OCCOC(=O)SC(C)(C)C. The molecule has 0 aliphatic rings. The number of rotatable bonds is 4. The molecule has 0 saturated carbocycles. The van der Waals surface area contributed by atoms with Gasteiger partial charge in [-0.25, -0.2) is 4.79 Å². The molecular weight excluding hydrogens is 216 g/mol. The van der Waals surface area contributed by atoms with Crippen molar-refractivity contribution in [3.63, 3.8) is 0 Å². The molecule has 0 heterocycles. The molecule has 0 aliphatic carbocycles. The van der Waals surface area contributed by atoms with Crippen LogP contribution in [0.25, 0.3) is 0 Å². The quantitative estimate of drug-likeness (QED) is 0.427. The summed E-state index contributed by atoms with van der Waals surface area (Å²) in [5, 5.41) is -0.216. The van der Waals surface area contributed by atoms with Gasteiger partial charge in [0.1, 0.15) is 6.61 Å². The first-order valence-electron chi connectivity index (χ1n) is 4.78. The van der Waals surface area contributed by atoms with Crippen molar-refractivity contribution in [2.24, 2.45) is 0 Å².